The van der Waals surface area contributed by atoms with Crippen molar-refractivity contribution in [2.24, 2.45) is 0 Å². The van der Waals surface area contributed by atoms with Gasteiger partial charge in [0.1, 0.15) is 17.2 Å². The second-order valence-corrected chi connectivity index (χ2v) is 7.79. The number of carbonyl (C=O) groups is 1. The molecule has 9 heteroatoms. The Labute approximate surface area is 183 Å². The number of nitrogens with zero attached hydrogens (tertiary/aromatic N) is 1. The first kappa shape index (κ1) is 23.8. The molecule has 1 amide bonds. The van der Waals surface area contributed by atoms with Gasteiger partial charge in [0.15, 0.2) is 6.61 Å². The summed E-state index contributed by atoms with van der Waals surface area (Å²) >= 11 is 0. The highest BCUT2D eigenvalue weighted by Crippen LogP contribution is 2.40. The van der Waals surface area contributed by atoms with E-state index < -0.39 is 30.3 Å². The Bertz CT molecular complexity index is 902. The maximum Gasteiger partial charge on any atom is 0.422 e. The Kier molecular flexibility index (Phi) is 7.28. The van der Waals surface area contributed by atoms with E-state index in [1.807, 2.05) is 0 Å². The van der Waals surface area contributed by atoms with Crippen LogP contribution < -0.4 is 4.74 Å². The predicted octanol–water partition coefficient (Wildman–Crippen LogP) is 5.34. The maximum atomic E-state index is 13.4. The third-order valence-electron chi connectivity index (χ3n) is 5.62. The topological polar surface area (TPSA) is 59.0 Å². The van der Waals surface area contributed by atoms with Gasteiger partial charge in [-0.3, -0.25) is 0 Å². The molecule has 2 atom stereocenters. The Hall–Kier alpha value is -2.81. The van der Waals surface area contributed by atoms with Crippen molar-refractivity contribution in [2.45, 2.75) is 44.0 Å². The minimum atomic E-state index is -4.42. The fourth-order valence-corrected chi connectivity index (χ4v) is 3.85. The number of halogens is 4. The van der Waals surface area contributed by atoms with Gasteiger partial charge < -0.3 is 19.5 Å². The molecule has 0 bridgehead atoms. The van der Waals surface area contributed by atoms with E-state index in [0.717, 1.165) is 0 Å². The van der Waals surface area contributed by atoms with Crippen LogP contribution in [0.4, 0.5) is 22.4 Å². The molecule has 32 heavy (non-hydrogen) atoms. The first-order chi connectivity index (χ1) is 15.1. The number of alkyl halides is 3. The minimum Gasteiger partial charge on any atom is -0.484 e. The molecular formula is C23H25F4NO4. The molecule has 1 fully saturated rings. The fourth-order valence-electron chi connectivity index (χ4n) is 3.85. The summed E-state index contributed by atoms with van der Waals surface area (Å²) in [5, 5.41) is 9.28. The van der Waals surface area contributed by atoms with E-state index in [9.17, 15) is 27.5 Å². The fraction of sp³-hybridized carbons (Fsp3) is 0.435. The molecule has 1 unspecified atom stereocenters. The van der Waals surface area contributed by atoms with Gasteiger partial charge in [-0.25, -0.2) is 9.18 Å². The van der Waals surface area contributed by atoms with Crippen LogP contribution in [0.3, 0.4) is 0 Å². The van der Waals surface area contributed by atoms with Crippen LogP contribution >= 0.6 is 0 Å². The van der Waals surface area contributed by atoms with Gasteiger partial charge >= 0.3 is 12.3 Å². The zero-order valence-electron chi connectivity index (χ0n) is 17.6. The van der Waals surface area contributed by atoms with Gasteiger partial charge in [0.05, 0.1) is 6.04 Å². The third-order valence-corrected chi connectivity index (χ3v) is 5.62. The smallest absolute Gasteiger partial charge is 0.422 e. The van der Waals surface area contributed by atoms with Crippen LogP contribution in [0.2, 0.25) is 0 Å². The lowest BCUT2D eigenvalue weighted by atomic mass is 9.84. The molecule has 2 aromatic rings. The summed E-state index contributed by atoms with van der Waals surface area (Å²) in [5.41, 5.74) is 0.420. The standard InChI is InChI=1S/C23H25F4NO4/c1-16(17-3-9-20(10-4-17)31-15-23(25,26)27)28-13-12-22(11-2-14-29,32-21(28)30)18-5-7-19(24)8-6-18/h3-10,16,29H,2,11-15H2,1H3/t16-,22?/m0/s1. The van der Waals surface area contributed by atoms with E-state index in [-0.39, 0.29) is 18.4 Å². The van der Waals surface area contributed by atoms with E-state index in [1.165, 1.54) is 29.2 Å². The number of amides is 1. The van der Waals surface area contributed by atoms with Crippen LogP contribution in [0.25, 0.3) is 0 Å². The average molecular weight is 455 g/mol. The van der Waals surface area contributed by atoms with Crippen LogP contribution in [0.15, 0.2) is 48.5 Å². The molecule has 2 aromatic carbocycles. The minimum absolute atomic E-state index is 0.0661. The second kappa shape index (κ2) is 9.77. The Balaban J connectivity index is 1.71. The zero-order valence-corrected chi connectivity index (χ0v) is 17.6. The molecule has 0 saturated carbocycles. The number of ether oxygens (including phenoxy) is 2. The lowest BCUT2D eigenvalue weighted by Gasteiger charge is -2.43. The summed E-state index contributed by atoms with van der Waals surface area (Å²) in [6, 6.07) is 11.5. The molecule has 0 radical (unpaired) electrons. The van der Waals surface area contributed by atoms with Crippen LogP contribution in [0.5, 0.6) is 5.75 Å². The first-order valence-corrected chi connectivity index (χ1v) is 10.3. The van der Waals surface area contributed by atoms with Crippen LogP contribution in [-0.4, -0.2) is 42.0 Å². The highest BCUT2D eigenvalue weighted by atomic mass is 19.4. The summed E-state index contributed by atoms with van der Waals surface area (Å²) in [5.74, 6) is -0.315. The molecule has 1 saturated heterocycles. The second-order valence-electron chi connectivity index (χ2n) is 7.79. The summed E-state index contributed by atoms with van der Waals surface area (Å²) in [6.07, 6.45) is -3.71. The van der Waals surface area contributed by atoms with Crippen LogP contribution in [-0.2, 0) is 10.3 Å². The van der Waals surface area contributed by atoms with Gasteiger partial charge in [-0.05, 0) is 55.2 Å². The van der Waals surface area contributed by atoms with Crippen molar-refractivity contribution < 1.29 is 36.9 Å². The van der Waals surface area contributed by atoms with Crippen molar-refractivity contribution in [1.82, 2.24) is 4.90 Å². The monoisotopic (exact) mass is 455 g/mol. The molecule has 1 aliphatic rings. The van der Waals surface area contributed by atoms with Crippen molar-refractivity contribution in [1.29, 1.82) is 0 Å². The predicted molar refractivity (Wildman–Crippen MR) is 109 cm³/mol. The lowest BCUT2D eigenvalue weighted by molar-refractivity contribution is -0.153. The van der Waals surface area contributed by atoms with E-state index in [2.05, 4.69) is 0 Å². The number of carbonyl (C=O) groups excluding carboxylic acids is 1. The van der Waals surface area contributed by atoms with E-state index in [4.69, 9.17) is 9.47 Å². The van der Waals surface area contributed by atoms with E-state index in [1.54, 1.807) is 31.2 Å². The lowest BCUT2D eigenvalue weighted by Crippen LogP contribution is -2.48. The zero-order chi connectivity index (χ0) is 23.4. The molecule has 174 valence electrons. The molecule has 5 nitrogen and oxygen atoms in total. The van der Waals surface area contributed by atoms with E-state index in [0.29, 0.717) is 36.9 Å². The third kappa shape index (κ3) is 5.70. The number of hydrogen-bond donors (Lipinski definition) is 1. The highest BCUT2D eigenvalue weighted by Gasteiger charge is 2.43. The summed E-state index contributed by atoms with van der Waals surface area (Å²) < 4.78 is 60.9. The van der Waals surface area contributed by atoms with Crippen molar-refractivity contribution in [3.63, 3.8) is 0 Å². The molecule has 0 aliphatic carbocycles. The van der Waals surface area contributed by atoms with Gasteiger partial charge in [-0.1, -0.05) is 24.3 Å². The SMILES string of the molecule is C[C@@H](c1ccc(OCC(F)(F)F)cc1)N1CCC(CCCO)(c2ccc(F)cc2)OC1=O. The molecule has 1 aliphatic heterocycles. The van der Waals surface area contributed by atoms with E-state index >= 15 is 0 Å². The number of rotatable bonds is 8. The summed E-state index contributed by atoms with van der Waals surface area (Å²) in [4.78, 5) is 14.5. The number of hydrogen-bond acceptors (Lipinski definition) is 4. The molecule has 0 aromatic heterocycles. The summed E-state index contributed by atoms with van der Waals surface area (Å²) in [7, 11) is 0. The van der Waals surface area contributed by atoms with Gasteiger partial charge in [-0.2, -0.15) is 13.2 Å². The number of cyclic esters (lactones) is 1. The van der Waals surface area contributed by atoms with Gasteiger partial charge in [0.2, 0.25) is 0 Å². The Morgan fingerprint density at radius 2 is 1.81 bits per heavy atom. The van der Waals surface area contributed by atoms with Crippen LogP contribution in [0.1, 0.15) is 43.4 Å². The first-order valence-electron chi connectivity index (χ1n) is 10.3. The number of benzene rings is 2. The van der Waals surface area contributed by atoms with Crippen molar-refractivity contribution in [3.8, 4) is 5.75 Å². The van der Waals surface area contributed by atoms with Crippen molar-refractivity contribution in [3.05, 3.63) is 65.5 Å². The average Bonchev–Trinajstić information content (AvgIpc) is 2.76. The molecule has 0 spiro atoms. The molecule has 1 N–H and O–H groups in total. The number of aliphatic hydroxyl groups excluding tert-OH is 1. The Morgan fingerprint density at radius 1 is 1.16 bits per heavy atom. The van der Waals surface area contributed by atoms with Gasteiger partial charge in [0.25, 0.3) is 0 Å². The quantitative estimate of drug-likeness (QED) is 0.546. The van der Waals surface area contributed by atoms with Gasteiger partial charge in [0, 0.05) is 19.6 Å². The molecular weight excluding hydrogens is 430 g/mol. The normalized spacial score (nSPS) is 20.1. The maximum absolute atomic E-state index is 13.4. The molecule has 1 heterocycles. The number of aliphatic hydroxyl groups is 1. The molecule has 3 rings (SSSR count). The summed E-state index contributed by atoms with van der Waals surface area (Å²) in [6.45, 7) is 0.712. The highest BCUT2D eigenvalue weighted by molar-refractivity contribution is 5.70. The van der Waals surface area contributed by atoms with Crippen molar-refractivity contribution >= 4 is 6.09 Å². The Morgan fingerprint density at radius 3 is 2.38 bits per heavy atom. The van der Waals surface area contributed by atoms with Crippen molar-refractivity contribution in [2.75, 3.05) is 19.8 Å². The largest absolute Gasteiger partial charge is 0.484 e. The van der Waals surface area contributed by atoms with Crippen LogP contribution in [0, 0.1) is 5.82 Å². The van der Waals surface area contributed by atoms with Gasteiger partial charge in [-0.15, -0.1) is 0 Å².